The first-order valence-electron chi connectivity index (χ1n) is 1.17. The van der Waals surface area contributed by atoms with Crippen LogP contribution in [-0.2, 0) is 37.8 Å². The predicted molar refractivity (Wildman–Crippen MR) is 15.7 cm³/mol. The molecule has 3 nitrogen and oxygen atoms in total. The van der Waals surface area contributed by atoms with Gasteiger partial charge in [0.15, 0.2) is 10.1 Å². The molecular weight excluding hydrogens is 331 g/mol. The van der Waals surface area contributed by atoms with Gasteiger partial charge < -0.3 is 4.55 Å². The number of hydrogen-bond acceptors (Lipinski definition) is 3. The minimum Gasteiger partial charge on any atom is -0.744 e. The molecule has 0 N–H and O–H groups in total. The number of alkyl halides is 2. The standard InChI is InChI=1S/CH2F2O3S.Hg/c2-1(3)7(4,5)6;/h1H,(H,4,5,6);/q;+1/p-1. The molecule has 0 rings (SSSR count). The summed E-state index contributed by atoms with van der Waals surface area (Å²) in [7, 11) is -5.32. The Morgan fingerprint density at radius 1 is 1.38 bits per heavy atom. The largest absolute Gasteiger partial charge is 1.00 e. The molecule has 45 valence electrons. The second-order valence-corrected chi connectivity index (χ2v) is 2.10. The molecule has 0 aliphatic carbocycles. The summed E-state index contributed by atoms with van der Waals surface area (Å²) in [4.78, 5) is 0. The zero-order valence-electron chi connectivity index (χ0n) is 3.67. The van der Waals surface area contributed by atoms with Crippen molar-refractivity contribution < 1.29 is 49.4 Å². The van der Waals surface area contributed by atoms with Crippen LogP contribution in [0.15, 0.2) is 0 Å². The molecule has 0 aliphatic heterocycles. The predicted octanol–water partition coefficient (Wildman–Crippen LogP) is -0.248. The van der Waals surface area contributed by atoms with Gasteiger partial charge in [-0.1, -0.05) is 0 Å². The van der Waals surface area contributed by atoms with Gasteiger partial charge in [0.05, 0.1) is 0 Å². The minimum absolute atomic E-state index is 0. The van der Waals surface area contributed by atoms with Gasteiger partial charge in [-0.25, -0.2) is 8.42 Å². The fourth-order valence-corrected chi connectivity index (χ4v) is 0. The maximum absolute atomic E-state index is 10.6. The Labute approximate surface area is 65.3 Å². The van der Waals surface area contributed by atoms with E-state index in [2.05, 4.69) is 0 Å². The monoisotopic (exact) mass is 333 g/mol. The van der Waals surface area contributed by atoms with Crippen molar-refractivity contribution in [3.63, 3.8) is 0 Å². The van der Waals surface area contributed by atoms with Crippen molar-refractivity contribution in [1.29, 1.82) is 0 Å². The molecule has 0 heterocycles. The normalized spacial score (nSPS) is 11.0. The Hall–Kier alpha value is 0.705. The molecule has 8 heavy (non-hydrogen) atoms. The summed E-state index contributed by atoms with van der Waals surface area (Å²) in [6, 6.07) is 0. The molecule has 0 bridgehead atoms. The number of rotatable bonds is 1. The molecule has 0 spiro atoms. The van der Waals surface area contributed by atoms with Gasteiger partial charge in [-0.05, 0) is 0 Å². The van der Waals surface area contributed by atoms with E-state index in [-0.39, 0.29) is 27.7 Å². The first kappa shape index (κ1) is 11.5. The van der Waals surface area contributed by atoms with E-state index in [0.29, 0.717) is 0 Å². The third kappa shape index (κ3) is 4.85. The molecule has 0 atom stereocenters. The average molecular weight is 332 g/mol. The summed E-state index contributed by atoms with van der Waals surface area (Å²) in [5, 5.41) is 0. The number of halogens is 2. The molecular formula is CHF2HgO3S. The zero-order chi connectivity index (χ0) is 6.08. The van der Waals surface area contributed by atoms with Crippen molar-refractivity contribution in [3.8, 4) is 0 Å². The van der Waals surface area contributed by atoms with E-state index >= 15 is 0 Å². The minimum atomic E-state index is -5.32. The Balaban J connectivity index is 0. The first-order chi connectivity index (χ1) is 2.94. The van der Waals surface area contributed by atoms with Crippen LogP contribution in [0.5, 0.6) is 0 Å². The first-order valence-corrected chi connectivity index (χ1v) is 2.64. The molecule has 0 unspecified atom stereocenters. The van der Waals surface area contributed by atoms with Gasteiger partial charge in [0, 0.05) is 0 Å². The van der Waals surface area contributed by atoms with Gasteiger partial charge in [0.25, 0.3) is 0 Å². The Kier molecular flexibility index (Phi) is 5.28. The summed E-state index contributed by atoms with van der Waals surface area (Å²) in [5.74, 6) is -3.78. The summed E-state index contributed by atoms with van der Waals surface area (Å²) in [5.41, 5.74) is 0. The van der Waals surface area contributed by atoms with Crippen LogP contribution in [0.25, 0.3) is 0 Å². The summed E-state index contributed by atoms with van der Waals surface area (Å²) >= 11 is 0. The van der Waals surface area contributed by atoms with E-state index < -0.39 is 15.9 Å². The van der Waals surface area contributed by atoms with Gasteiger partial charge in [0.2, 0.25) is 0 Å². The zero-order valence-corrected chi connectivity index (χ0v) is 9.99. The van der Waals surface area contributed by atoms with Gasteiger partial charge in [0.1, 0.15) is 0 Å². The van der Waals surface area contributed by atoms with E-state index in [4.69, 9.17) is 13.0 Å². The molecule has 0 aromatic heterocycles. The third-order valence-electron chi connectivity index (χ3n) is 0.218. The van der Waals surface area contributed by atoms with Crippen LogP contribution in [-0.4, -0.2) is 18.7 Å². The molecule has 1 radical (unpaired) electrons. The summed E-state index contributed by atoms with van der Waals surface area (Å²) in [6.07, 6.45) is 0. The molecule has 0 aromatic rings. The maximum Gasteiger partial charge on any atom is 1.00 e. The molecule has 0 aliphatic rings. The van der Waals surface area contributed by atoms with E-state index in [1.165, 1.54) is 0 Å². The smallest absolute Gasteiger partial charge is 0.744 e. The van der Waals surface area contributed by atoms with Crippen molar-refractivity contribution >= 4 is 10.1 Å². The van der Waals surface area contributed by atoms with Crippen molar-refractivity contribution in [2.75, 3.05) is 0 Å². The maximum atomic E-state index is 10.6. The van der Waals surface area contributed by atoms with Crippen LogP contribution in [0, 0.1) is 0 Å². The van der Waals surface area contributed by atoms with Crippen molar-refractivity contribution in [3.05, 3.63) is 0 Å². The van der Waals surface area contributed by atoms with Gasteiger partial charge in [-0.15, -0.1) is 0 Å². The van der Waals surface area contributed by atoms with E-state index in [0.717, 1.165) is 0 Å². The van der Waals surface area contributed by atoms with E-state index in [1.54, 1.807) is 0 Å². The molecule has 0 aromatic carbocycles. The Morgan fingerprint density at radius 2 is 1.50 bits per heavy atom. The summed E-state index contributed by atoms with van der Waals surface area (Å²) in [6.45, 7) is 0. The third-order valence-corrected chi connectivity index (χ3v) is 0.655. The van der Waals surface area contributed by atoms with Crippen LogP contribution in [0.3, 0.4) is 0 Å². The number of hydrogen-bond donors (Lipinski definition) is 0. The van der Waals surface area contributed by atoms with Gasteiger partial charge in [-0.3, -0.25) is 0 Å². The average Bonchev–Trinajstić information content (AvgIpc) is 1.31. The van der Waals surface area contributed by atoms with E-state index in [1.807, 2.05) is 0 Å². The fourth-order valence-electron chi connectivity index (χ4n) is 0. The second-order valence-electron chi connectivity index (χ2n) is 0.753. The second kappa shape index (κ2) is 3.68. The SMILES string of the molecule is O=S(=O)([O-])C(F)F.[Hg+]. The van der Waals surface area contributed by atoms with Crippen LogP contribution in [0.2, 0.25) is 0 Å². The van der Waals surface area contributed by atoms with Crippen LogP contribution < -0.4 is 0 Å². The van der Waals surface area contributed by atoms with Crippen LogP contribution in [0.1, 0.15) is 0 Å². The van der Waals surface area contributed by atoms with Crippen molar-refractivity contribution in [2.45, 2.75) is 5.76 Å². The van der Waals surface area contributed by atoms with E-state index in [9.17, 15) is 8.78 Å². The fraction of sp³-hybridized carbons (Fsp3) is 1.00. The van der Waals surface area contributed by atoms with Gasteiger partial charge in [-0.2, -0.15) is 8.78 Å². The Morgan fingerprint density at radius 3 is 1.50 bits per heavy atom. The molecule has 7 heteroatoms. The van der Waals surface area contributed by atoms with Crippen molar-refractivity contribution in [2.24, 2.45) is 0 Å². The molecule has 0 amide bonds. The molecule has 0 saturated heterocycles. The summed E-state index contributed by atoms with van der Waals surface area (Å²) < 4.78 is 48.4. The Bertz CT molecular complexity index is 139. The van der Waals surface area contributed by atoms with Crippen LogP contribution >= 0.6 is 0 Å². The van der Waals surface area contributed by atoms with Crippen molar-refractivity contribution in [1.82, 2.24) is 0 Å². The van der Waals surface area contributed by atoms with Gasteiger partial charge >= 0.3 is 33.4 Å². The molecule has 0 saturated carbocycles. The van der Waals surface area contributed by atoms with Crippen LogP contribution in [0.4, 0.5) is 8.78 Å². The topological polar surface area (TPSA) is 57.2 Å². The molecule has 0 fully saturated rings. The quantitative estimate of drug-likeness (QED) is 0.492.